The summed E-state index contributed by atoms with van der Waals surface area (Å²) in [7, 11) is 0. The van der Waals surface area contributed by atoms with E-state index >= 15 is 0 Å². The Hall–Kier alpha value is -2.47. The highest BCUT2D eigenvalue weighted by molar-refractivity contribution is 9.10. The van der Waals surface area contributed by atoms with Gasteiger partial charge in [0.15, 0.2) is 0 Å². The highest BCUT2D eigenvalue weighted by atomic mass is 79.9. The van der Waals surface area contributed by atoms with Gasteiger partial charge in [-0.05, 0) is 51.1 Å². The van der Waals surface area contributed by atoms with E-state index in [2.05, 4.69) is 26.5 Å². The maximum atomic E-state index is 12.1. The Morgan fingerprint density at radius 3 is 2.44 bits per heavy atom. The molecule has 2 aromatic rings. The van der Waals surface area contributed by atoms with Crippen molar-refractivity contribution in [2.45, 2.75) is 20.8 Å². The van der Waals surface area contributed by atoms with Crippen molar-refractivity contribution in [2.75, 3.05) is 0 Å². The number of carbonyl (C=O) groups is 2. The molecule has 0 bridgehead atoms. The number of amides is 1. The standard InChI is InChI=1S/C19H19BrN2O3/c1-19(2,3)18(24)25-16-10-9-15(20)11-14(16)12-21-22-17(23)13-7-5-4-6-8-13/h4-12H,1-3H3,(H,22,23)/b21-12-. The number of hydrogen-bond donors (Lipinski definition) is 1. The van der Waals surface area contributed by atoms with Crippen LogP contribution in [0.25, 0.3) is 0 Å². The van der Waals surface area contributed by atoms with Gasteiger partial charge in [0.2, 0.25) is 0 Å². The van der Waals surface area contributed by atoms with Crippen molar-refractivity contribution < 1.29 is 14.3 Å². The van der Waals surface area contributed by atoms with Crippen LogP contribution in [0.15, 0.2) is 58.1 Å². The van der Waals surface area contributed by atoms with Crippen LogP contribution < -0.4 is 10.2 Å². The zero-order chi connectivity index (χ0) is 18.4. The maximum Gasteiger partial charge on any atom is 0.316 e. The Morgan fingerprint density at radius 2 is 1.80 bits per heavy atom. The van der Waals surface area contributed by atoms with Crippen molar-refractivity contribution in [3.63, 3.8) is 0 Å². The van der Waals surface area contributed by atoms with E-state index in [1.54, 1.807) is 63.2 Å². The van der Waals surface area contributed by atoms with Crippen LogP contribution in [0.5, 0.6) is 5.75 Å². The third-order valence-electron chi connectivity index (χ3n) is 3.19. The molecule has 1 N–H and O–H groups in total. The lowest BCUT2D eigenvalue weighted by Gasteiger charge is -2.17. The Kier molecular flexibility index (Phi) is 6.09. The molecular formula is C19H19BrN2O3. The van der Waals surface area contributed by atoms with E-state index in [0.29, 0.717) is 16.9 Å². The maximum absolute atomic E-state index is 12.1. The number of halogens is 1. The average Bonchev–Trinajstić information content (AvgIpc) is 2.57. The number of hydrazone groups is 1. The first-order valence-corrected chi connectivity index (χ1v) is 8.47. The Bertz CT molecular complexity index is 796. The lowest BCUT2D eigenvalue weighted by Crippen LogP contribution is -2.26. The SMILES string of the molecule is CC(C)(C)C(=O)Oc1ccc(Br)cc1/C=N\NC(=O)c1ccccc1. The Morgan fingerprint density at radius 1 is 1.12 bits per heavy atom. The number of esters is 1. The summed E-state index contributed by atoms with van der Waals surface area (Å²) in [5.41, 5.74) is 2.91. The smallest absolute Gasteiger partial charge is 0.316 e. The van der Waals surface area contributed by atoms with Crippen molar-refractivity contribution in [1.29, 1.82) is 0 Å². The highest BCUT2D eigenvalue weighted by Gasteiger charge is 2.24. The minimum atomic E-state index is -0.622. The molecule has 25 heavy (non-hydrogen) atoms. The number of ether oxygens (including phenoxy) is 1. The van der Waals surface area contributed by atoms with E-state index in [9.17, 15) is 9.59 Å². The second kappa shape index (κ2) is 8.07. The fraction of sp³-hybridized carbons (Fsp3) is 0.211. The summed E-state index contributed by atoms with van der Waals surface area (Å²) >= 11 is 3.37. The molecule has 0 saturated heterocycles. The van der Waals surface area contributed by atoms with Crippen LogP contribution in [-0.4, -0.2) is 18.1 Å². The molecule has 5 nitrogen and oxygen atoms in total. The van der Waals surface area contributed by atoms with Crippen molar-refractivity contribution in [3.05, 3.63) is 64.1 Å². The van der Waals surface area contributed by atoms with Crippen molar-refractivity contribution >= 4 is 34.0 Å². The number of nitrogens with zero attached hydrogens (tertiary/aromatic N) is 1. The topological polar surface area (TPSA) is 67.8 Å². The normalized spacial score (nSPS) is 11.4. The molecule has 0 aliphatic carbocycles. The van der Waals surface area contributed by atoms with Crippen LogP contribution in [0.1, 0.15) is 36.7 Å². The molecule has 0 unspecified atom stereocenters. The van der Waals surface area contributed by atoms with Crippen LogP contribution in [-0.2, 0) is 4.79 Å². The van der Waals surface area contributed by atoms with Crippen LogP contribution in [0.4, 0.5) is 0 Å². The lowest BCUT2D eigenvalue weighted by atomic mass is 9.97. The minimum Gasteiger partial charge on any atom is -0.425 e. The molecule has 0 radical (unpaired) electrons. The fourth-order valence-corrected chi connectivity index (χ4v) is 2.16. The van der Waals surface area contributed by atoms with Crippen molar-refractivity contribution in [2.24, 2.45) is 10.5 Å². The summed E-state index contributed by atoms with van der Waals surface area (Å²) < 4.78 is 6.25. The van der Waals surface area contributed by atoms with E-state index in [4.69, 9.17) is 4.74 Å². The van der Waals surface area contributed by atoms with Crippen LogP contribution in [0, 0.1) is 5.41 Å². The summed E-state index contributed by atoms with van der Waals surface area (Å²) in [6.07, 6.45) is 1.44. The van der Waals surface area contributed by atoms with Gasteiger partial charge in [-0.1, -0.05) is 34.1 Å². The zero-order valence-electron chi connectivity index (χ0n) is 14.2. The van der Waals surface area contributed by atoms with Gasteiger partial charge < -0.3 is 4.74 Å². The lowest BCUT2D eigenvalue weighted by molar-refractivity contribution is -0.143. The molecule has 0 aliphatic rings. The molecule has 0 aromatic heterocycles. The molecule has 0 fully saturated rings. The van der Waals surface area contributed by atoms with Gasteiger partial charge in [0.25, 0.3) is 5.91 Å². The third kappa shape index (κ3) is 5.53. The number of benzene rings is 2. The summed E-state index contributed by atoms with van der Waals surface area (Å²) in [4.78, 5) is 24.1. The van der Waals surface area contributed by atoms with Crippen LogP contribution in [0.2, 0.25) is 0 Å². The second-order valence-electron chi connectivity index (χ2n) is 6.39. The van der Waals surface area contributed by atoms with Gasteiger partial charge in [-0.3, -0.25) is 9.59 Å². The van der Waals surface area contributed by atoms with Gasteiger partial charge in [-0.2, -0.15) is 5.10 Å². The van der Waals surface area contributed by atoms with Gasteiger partial charge in [0.05, 0.1) is 11.6 Å². The monoisotopic (exact) mass is 402 g/mol. The molecule has 0 saturated carbocycles. The first-order chi connectivity index (χ1) is 11.8. The molecule has 0 heterocycles. The van der Waals surface area contributed by atoms with E-state index < -0.39 is 5.41 Å². The quantitative estimate of drug-likeness (QED) is 0.361. The second-order valence-corrected chi connectivity index (χ2v) is 7.30. The molecule has 1 amide bonds. The summed E-state index contributed by atoms with van der Waals surface area (Å²) in [6.45, 7) is 5.34. The van der Waals surface area contributed by atoms with Gasteiger partial charge in [-0.15, -0.1) is 0 Å². The number of rotatable bonds is 4. The van der Waals surface area contributed by atoms with Gasteiger partial charge in [0, 0.05) is 15.6 Å². The first kappa shape index (κ1) is 18.9. The van der Waals surface area contributed by atoms with E-state index in [-0.39, 0.29) is 11.9 Å². The molecule has 2 rings (SSSR count). The van der Waals surface area contributed by atoms with E-state index in [0.717, 1.165) is 4.47 Å². The predicted molar refractivity (Wildman–Crippen MR) is 101 cm³/mol. The third-order valence-corrected chi connectivity index (χ3v) is 3.69. The highest BCUT2D eigenvalue weighted by Crippen LogP contribution is 2.25. The molecule has 0 spiro atoms. The van der Waals surface area contributed by atoms with Crippen molar-refractivity contribution in [1.82, 2.24) is 5.43 Å². The van der Waals surface area contributed by atoms with Crippen LogP contribution >= 0.6 is 15.9 Å². The summed E-state index contributed by atoms with van der Waals surface area (Å²) in [5.74, 6) is -0.293. The number of hydrogen-bond acceptors (Lipinski definition) is 4. The molecule has 0 atom stereocenters. The average molecular weight is 403 g/mol. The van der Waals surface area contributed by atoms with Crippen LogP contribution in [0.3, 0.4) is 0 Å². The molecule has 0 aliphatic heterocycles. The molecule has 2 aromatic carbocycles. The summed E-state index contributed by atoms with van der Waals surface area (Å²) in [6, 6.07) is 14.0. The van der Waals surface area contributed by atoms with Gasteiger partial charge in [-0.25, -0.2) is 5.43 Å². The molecule has 130 valence electrons. The largest absolute Gasteiger partial charge is 0.425 e. The fourth-order valence-electron chi connectivity index (χ4n) is 1.78. The zero-order valence-corrected chi connectivity index (χ0v) is 15.8. The van der Waals surface area contributed by atoms with Crippen molar-refractivity contribution in [3.8, 4) is 5.75 Å². The summed E-state index contributed by atoms with van der Waals surface area (Å²) in [5, 5.41) is 3.95. The van der Waals surface area contributed by atoms with E-state index in [1.807, 2.05) is 6.07 Å². The Labute approximate surface area is 155 Å². The number of nitrogens with one attached hydrogen (secondary N) is 1. The molecule has 6 heteroatoms. The Balaban J connectivity index is 2.14. The van der Waals surface area contributed by atoms with E-state index in [1.165, 1.54) is 6.21 Å². The first-order valence-electron chi connectivity index (χ1n) is 7.67. The minimum absolute atomic E-state index is 0.319. The molecular weight excluding hydrogens is 384 g/mol. The van der Waals surface area contributed by atoms with Gasteiger partial charge in [0.1, 0.15) is 5.75 Å². The van der Waals surface area contributed by atoms with Gasteiger partial charge >= 0.3 is 5.97 Å². The number of carbonyl (C=O) groups excluding carboxylic acids is 2. The predicted octanol–water partition coefficient (Wildman–Crippen LogP) is 4.16.